The number of fused-ring (bicyclic) bond motifs is 1. The molecule has 2 unspecified atom stereocenters. The van der Waals surface area contributed by atoms with Crippen LogP contribution in [0.2, 0.25) is 0 Å². The SMILES string of the molecule is CCOC(=O)C1=C(C)N=C2S/C(=C/c3ccccc3)C(O)N2C1c1ccccc1. The molecule has 4 rings (SSSR count). The first-order valence-electron chi connectivity index (χ1n) is 9.52. The first-order chi connectivity index (χ1) is 14.1. The van der Waals surface area contributed by atoms with Gasteiger partial charge in [0.25, 0.3) is 0 Å². The molecule has 2 heterocycles. The maximum atomic E-state index is 12.8. The minimum atomic E-state index is -0.901. The van der Waals surface area contributed by atoms with E-state index in [0.717, 1.165) is 16.0 Å². The summed E-state index contributed by atoms with van der Waals surface area (Å²) in [5, 5.41) is 11.9. The van der Waals surface area contributed by atoms with Crippen molar-refractivity contribution in [1.82, 2.24) is 4.90 Å². The zero-order valence-corrected chi connectivity index (χ0v) is 17.1. The number of aliphatic imine (C=N–C) groups is 1. The molecule has 2 aromatic rings. The fraction of sp³-hybridized carbons (Fsp3) is 0.217. The number of carbonyl (C=O) groups excluding carboxylic acids is 1. The van der Waals surface area contributed by atoms with Crippen molar-refractivity contribution < 1.29 is 14.6 Å². The van der Waals surface area contributed by atoms with Crippen molar-refractivity contribution >= 4 is 29.0 Å². The van der Waals surface area contributed by atoms with Gasteiger partial charge >= 0.3 is 5.97 Å². The van der Waals surface area contributed by atoms with Crippen LogP contribution in [0.4, 0.5) is 0 Å². The van der Waals surface area contributed by atoms with Crippen molar-refractivity contribution in [3.8, 4) is 0 Å². The van der Waals surface area contributed by atoms with Crippen LogP contribution in [0.25, 0.3) is 6.08 Å². The van der Waals surface area contributed by atoms with Crippen molar-refractivity contribution in [2.75, 3.05) is 6.61 Å². The van der Waals surface area contributed by atoms with Crippen molar-refractivity contribution in [1.29, 1.82) is 0 Å². The molecule has 2 aromatic carbocycles. The zero-order valence-electron chi connectivity index (χ0n) is 16.3. The highest BCUT2D eigenvalue weighted by Gasteiger charge is 2.45. The number of esters is 1. The Hall–Kier alpha value is -2.83. The molecule has 1 fully saturated rings. The molecule has 1 N–H and O–H groups in total. The van der Waals surface area contributed by atoms with Crippen LogP contribution < -0.4 is 0 Å². The molecule has 5 nitrogen and oxygen atoms in total. The van der Waals surface area contributed by atoms with Crippen LogP contribution in [0.3, 0.4) is 0 Å². The standard InChI is InChI=1S/C23H22N2O3S/c1-3-28-22(27)19-15(2)24-23-25(20(19)17-12-8-5-9-13-17)21(26)18(29-23)14-16-10-6-4-7-11-16/h4-14,20-21,26H,3H2,1-2H3/b18-14+. The molecule has 0 radical (unpaired) electrons. The van der Waals surface area contributed by atoms with Crippen LogP contribution in [0.1, 0.15) is 31.0 Å². The van der Waals surface area contributed by atoms with Crippen LogP contribution in [0.5, 0.6) is 0 Å². The first-order valence-corrected chi connectivity index (χ1v) is 10.3. The number of hydrogen-bond donors (Lipinski definition) is 1. The number of ether oxygens (including phenoxy) is 1. The lowest BCUT2D eigenvalue weighted by Gasteiger charge is -2.36. The largest absolute Gasteiger partial charge is 0.463 e. The fourth-order valence-corrected chi connectivity index (χ4v) is 4.69. The highest BCUT2D eigenvalue weighted by Crippen LogP contribution is 2.47. The summed E-state index contributed by atoms with van der Waals surface area (Å²) in [6.45, 7) is 3.88. The topological polar surface area (TPSA) is 62.1 Å². The Bertz CT molecular complexity index is 999. The molecule has 0 aliphatic carbocycles. The maximum absolute atomic E-state index is 12.8. The van der Waals surface area contributed by atoms with E-state index >= 15 is 0 Å². The third-order valence-corrected chi connectivity index (χ3v) is 5.92. The van der Waals surface area contributed by atoms with Crippen LogP contribution in [0, 0.1) is 0 Å². The summed E-state index contributed by atoms with van der Waals surface area (Å²) < 4.78 is 5.31. The van der Waals surface area contributed by atoms with E-state index < -0.39 is 18.2 Å². The molecule has 0 spiro atoms. The molecule has 2 atom stereocenters. The summed E-state index contributed by atoms with van der Waals surface area (Å²) >= 11 is 1.43. The molecule has 1 saturated heterocycles. The zero-order chi connectivity index (χ0) is 20.4. The predicted molar refractivity (Wildman–Crippen MR) is 116 cm³/mol. The number of rotatable bonds is 4. The monoisotopic (exact) mass is 406 g/mol. The third kappa shape index (κ3) is 3.73. The van der Waals surface area contributed by atoms with E-state index in [2.05, 4.69) is 4.99 Å². The van der Waals surface area contributed by atoms with Gasteiger partial charge in [-0.25, -0.2) is 9.79 Å². The maximum Gasteiger partial charge on any atom is 0.338 e. The highest BCUT2D eigenvalue weighted by molar-refractivity contribution is 8.17. The number of thioether (sulfide) groups is 1. The minimum absolute atomic E-state index is 0.282. The molecule has 0 amide bonds. The molecular formula is C23H22N2O3S. The summed E-state index contributed by atoms with van der Waals surface area (Å²) in [4.78, 5) is 20.0. The van der Waals surface area contributed by atoms with Crippen molar-refractivity contribution in [2.45, 2.75) is 26.1 Å². The summed E-state index contributed by atoms with van der Waals surface area (Å²) in [5.41, 5.74) is 2.98. The second-order valence-corrected chi connectivity index (χ2v) is 7.81. The van der Waals surface area contributed by atoms with Gasteiger partial charge in [0.15, 0.2) is 11.4 Å². The van der Waals surface area contributed by atoms with Crippen molar-refractivity contribution in [3.63, 3.8) is 0 Å². The summed E-state index contributed by atoms with van der Waals surface area (Å²) in [6, 6.07) is 19.1. The van der Waals surface area contributed by atoms with Crippen LogP contribution >= 0.6 is 11.8 Å². The van der Waals surface area contributed by atoms with Gasteiger partial charge in [0.2, 0.25) is 0 Å². The lowest BCUT2D eigenvalue weighted by Crippen LogP contribution is -2.41. The van der Waals surface area contributed by atoms with E-state index in [-0.39, 0.29) is 6.61 Å². The average Bonchev–Trinajstić information content (AvgIpc) is 3.03. The van der Waals surface area contributed by atoms with Gasteiger partial charge in [-0.3, -0.25) is 0 Å². The van der Waals surface area contributed by atoms with Crippen LogP contribution in [-0.4, -0.2) is 34.0 Å². The number of aliphatic hydroxyl groups excluding tert-OH is 1. The van der Waals surface area contributed by atoms with Crippen LogP contribution in [0.15, 0.2) is 81.8 Å². The quantitative estimate of drug-likeness (QED) is 0.765. The van der Waals surface area contributed by atoms with Gasteiger partial charge in [-0.15, -0.1) is 0 Å². The van der Waals surface area contributed by atoms with Gasteiger partial charge in [0.1, 0.15) is 0 Å². The molecule has 148 valence electrons. The van der Waals surface area contributed by atoms with Gasteiger partial charge < -0.3 is 14.7 Å². The molecular weight excluding hydrogens is 384 g/mol. The van der Waals surface area contributed by atoms with E-state index in [1.54, 1.807) is 11.8 Å². The molecule has 2 aliphatic rings. The Balaban J connectivity index is 1.79. The van der Waals surface area contributed by atoms with E-state index in [0.29, 0.717) is 16.4 Å². The number of carbonyl (C=O) groups is 1. The fourth-order valence-electron chi connectivity index (χ4n) is 3.57. The smallest absolute Gasteiger partial charge is 0.338 e. The Morgan fingerprint density at radius 1 is 1.17 bits per heavy atom. The van der Waals surface area contributed by atoms with Gasteiger partial charge in [-0.05, 0) is 31.1 Å². The number of nitrogens with zero attached hydrogens (tertiary/aromatic N) is 2. The van der Waals surface area contributed by atoms with Gasteiger partial charge in [0, 0.05) is 4.91 Å². The number of aliphatic hydroxyl groups is 1. The number of benzene rings is 2. The molecule has 0 aromatic heterocycles. The predicted octanol–water partition coefficient (Wildman–Crippen LogP) is 4.34. The first kappa shape index (κ1) is 19.5. The summed E-state index contributed by atoms with van der Waals surface area (Å²) in [6.07, 6.45) is 1.05. The average molecular weight is 407 g/mol. The van der Waals surface area contributed by atoms with Crippen molar-refractivity contribution in [3.05, 3.63) is 88.0 Å². The molecule has 0 bridgehead atoms. The van der Waals surface area contributed by atoms with E-state index in [9.17, 15) is 9.90 Å². The second kappa shape index (κ2) is 8.27. The Labute approximate surface area is 174 Å². The lowest BCUT2D eigenvalue weighted by molar-refractivity contribution is -0.139. The molecule has 6 heteroatoms. The van der Waals surface area contributed by atoms with Crippen LogP contribution in [-0.2, 0) is 9.53 Å². The van der Waals surface area contributed by atoms with E-state index in [1.807, 2.05) is 73.7 Å². The number of allylic oxidation sites excluding steroid dienone is 1. The lowest BCUT2D eigenvalue weighted by atomic mass is 9.94. The number of hydrogen-bond acceptors (Lipinski definition) is 6. The highest BCUT2D eigenvalue weighted by atomic mass is 32.2. The summed E-state index contributed by atoms with van der Waals surface area (Å²) in [5.74, 6) is -0.403. The van der Waals surface area contributed by atoms with Gasteiger partial charge in [-0.2, -0.15) is 0 Å². The Morgan fingerprint density at radius 2 is 1.83 bits per heavy atom. The Morgan fingerprint density at radius 3 is 2.48 bits per heavy atom. The molecule has 0 saturated carbocycles. The van der Waals surface area contributed by atoms with Gasteiger partial charge in [-0.1, -0.05) is 72.4 Å². The van der Waals surface area contributed by atoms with Gasteiger partial charge in [0.05, 0.1) is 23.9 Å². The minimum Gasteiger partial charge on any atom is -0.463 e. The summed E-state index contributed by atoms with van der Waals surface area (Å²) in [7, 11) is 0. The van der Waals surface area contributed by atoms with E-state index in [1.165, 1.54) is 11.8 Å². The Kier molecular flexibility index (Phi) is 5.56. The number of amidine groups is 1. The normalized spacial score (nSPS) is 22.5. The third-order valence-electron chi connectivity index (χ3n) is 4.87. The second-order valence-electron chi connectivity index (χ2n) is 6.77. The molecule has 29 heavy (non-hydrogen) atoms. The molecule has 2 aliphatic heterocycles. The van der Waals surface area contributed by atoms with Crippen molar-refractivity contribution in [2.24, 2.45) is 4.99 Å². The van der Waals surface area contributed by atoms with E-state index in [4.69, 9.17) is 4.74 Å².